The van der Waals surface area contributed by atoms with Gasteiger partial charge in [0, 0.05) is 29.2 Å². The molecule has 0 fully saturated rings. The van der Waals surface area contributed by atoms with E-state index in [0.717, 1.165) is 12.1 Å². The van der Waals surface area contributed by atoms with Crippen LogP contribution in [0, 0.1) is 0 Å². The van der Waals surface area contributed by atoms with Crippen LogP contribution in [0.2, 0.25) is 0 Å². The molecular weight excluding hydrogens is 248 g/mol. The highest BCUT2D eigenvalue weighted by Gasteiger charge is 2.20. The fourth-order valence-electron chi connectivity index (χ4n) is 2.02. The van der Waals surface area contributed by atoms with E-state index in [9.17, 15) is 25.5 Å². The number of hydrogen-bond donors (Lipinski definition) is 5. The Morgan fingerprint density at radius 2 is 1.16 bits per heavy atom. The van der Waals surface area contributed by atoms with Crippen LogP contribution >= 0.6 is 0 Å². The quantitative estimate of drug-likeness (QED) is 0.578. The van der Waals surface area contributed by atoms with Crippen LogP contribution in [-0.4, -0.2) is 32.1 Å². The molecule has 100 valence electrons. The van der Waals surface area contributed by atoms with Gasteiger partial charge in [0.15, 0.2) is 0 Å². The van der Waals surface area contributed by atoms with E-state index < -0.39 is 5.92 Å². The maximum absolute atomic E-state index is 9.80. The molecule has 0 unspecified atom stereocenters. The molecule has 5 nitrogen and oxygen atoms in total. The number of benzene rings is 2. The van der Waals surface area contributed by atoms with Crippen LogP contribution in [0.15, 0.2) is 36.4 Å². The molecule has 0 saturated carbocycles. The minimum absolute atomic E-state index is 0.0899. The van der Waals surface area contributed by atoms with Crippen LogP contribution in [0.1, 0.15) is 17.0 Å². The van der Waals surface area contributed by atoms with Gasteiger partial charge in [0.1, 0.15) is 23.0 Å². The van der Waals surface area contributed by atoms with E-state index in [1.807, 2.05) is 0 Å². The summed E-state index contributed by atoms with van der Waals surface area (Å²) in [5.41, 5.74) is 0.752. The van der Waals surface area contributed by atoms with Crippen molar-refractivity contribution in [2.75, 3.05) is 6.61 Å². The van der Waals surface area contributed by atoms with Gasteiger partial charge in [-0.25, -0.2) is 0 Å². The van der Waals surface area contributed by atoms with Crippen LogP contribution in [0.25, 0.3) is 0 Å². The first-order valence-electron chi connectivity index (χ1n) is 5.67. The predicted octanol–water partition coefficient (Wildman–Crippen LogP) is 1.63. The molecule has 19 heavy (non-hydrogen) atoms. The van der Waals surface area contributed by atoms with E-state index in [2.05, 4.69) is 0 Å². The summed E-state index contributed by atoms with van der Waals surface area (Å²) in [5.74, 6) is -1.18. The third-order valence-corrected chi connectivity index (χ3v) is 2.96. The Morgan fingerprint density at radius 1 is 0.737 bits per heavy atom. The fourth-order valence-corrected chi connectivity index (χ4v) is 2.02. The maximum Gasteiger partial charge on any atom is 0.123 e. The summed E-state index contributed by atoms with van der Waals surface area (Å²) in [6, 6.07) is 8.03. The van der Waals surface area contributed by atoms with Gasteiger partial charge in [-0.15, -0.1) is 0 Å². The average molecular weight is 262 g/mol. The summed E-state index contributed by atoms with van der Waals surface area (Å²) in [6.07, 6.45) is 0. The second-order valence-corrected chi connectivity index (χ2v) is 4.22. The smallest absolute Gasteiger partial charge is 0.123 e. The topological polar surface area (TPSA) is 101 Å². The lowest BCUT2D eigenvalue weighted by Crippen LogP contribution is -2.06. The van der Waals surface area contributed by atoms with E-state index in [1.54, 1.807) is 0 Å². The Balaban J connectivity index is 2.50. The fraction of sp³-hybridized carbons (Fsp3) is 0.143. The van der Waals surface area contributed by atoms with E-state index in [0.29, 0.717) is 11.1 Å². The molecule has 0 saturated heterocycles. The first-order chi connectivity index (χ1) is 9.02. The molecule has 0 aliphatic heterocycles. The molecular formula is C14H14O5. The SMILES string of the molecule is OCC(c1ccc(O)cc1O)c1ccc(O)cc1O. The van der Waals surface area contributed by atoms with E-state index in [4.69, 9.17) is 0 Å². The van der Waals surface area contributed by atoms with Crippen molar-refractivity contribution in [2.24, 2.45) is 0 Å². The van der Waals surface area contributed by atoms with Crippen molar-refractivity contribution in [1.29, 1.82) is 0 Å². The molecule has 0 aromatic heterocycles. The van der Waals surface area contributed by atoms with Crippen molar-refractivity contribution in [3.8, 4) is 23.0 Å². The molecule has 5 heteroatoms. The highest BCUT2D eigenvalue weighted by molar-refractivity contribution is 5.50. The van der Waals surface area contributed by atoms with Gasteiger partial charge in [0.25, 0.3) is 0 Å². The second kappa shape index (κ2) is 5.07. The highest BCUT2D eigenvalue weighted by Crippen LogP contribution is 2.37. The number of hydrogen-bond acceptors (Lipinski definition) is 5. The summed E-state index contributed by atoms with van der Waals surface area (Å²) < 4.78 is 0. The van der Waals surface area contributed by atoms with Crippen LogP contribution in [0.5, 0.6) is 23.0 Å². The minimum Gasteiger partial charge on any atom is -0.508 e. The lowest BCUT2D eigenvalue weighted by molar-refractivity contribution is 0.275. The van der Waals surface area contributed by atoms with Crippen molar-refractivity contribution >= 4 is 0 Å². The number of phenols is 4. The Labute approximate surface area is 109 Å². The van der Waals surface area contributed by atoms with Gasteiger partial charge in [-0.3, -0.25) is 0 Å². The molecule has 0 radical (unpaired) electrons. The summed E-state index contributed by atoms with van der Waals surface area (Å²) in [6.45, 7) is -0.337. The molecule has 0 aliphatic carbocycles. The Bertz CT molecular complexity index is 543. The first-order valence-corrected chi connectivity index (χ1v) is 5.67. The Hall–Kier alpha value is -2.40. The van der Waals surface area contributed by atoms with E-state index in [1.165, 1.54) is 24.3 Å². The zero-order chi connectivity index (χ0) is 14.0. The van der Waals surface area contributed by atoms with Gasteiger partial charge in [-0.05, 0) is 12.1 Å². The molecule has 0 amide bonds. The van der Waals surface area contributed by atoms with Gasteiger partial charge in [-0.2, -0.15) is 0 Å². The van der Waals surface area contributed by atoms with Gasteiger partial charge < -0.3 is 25.5 Å². The van der Waals surface area contributed by atoms with E-state index >= 15 is 0 Å². The standard InChI is InChI=1S/C14H14O5/c15-7-12(10-3-1-8(16)5-13(10)18)11-4-2-9(17)6-14(11)19/h1-6,12,15-19H,7H2. The lowest BCUT2D eigenvalue weighted by Gasteiger charge is -2.18. The van der Waals surface area contributed by atoms with Crippen molar-refractivity contribution in [1.82, 2.24) is 0 Å². The van der Waals surface area contributed by atoms with Crippen LogP contribution in [0.4, 0.5) is 0 Å². The Morgan fingerprint density at radius 3 is 1.47 bits per heavy atom. The number of aliphatic hydroxyl groups is 1. The minimum atomic E-state index is -0.652. The molecule has 0 aliphatic rings. The monoisotopic (exact) mass is 262 g/mol. The molecule has 0 bridgehead atoms. The lowest BCUT2D eigenvalue weighted by atomic mass is 9.90. The third kappa shape index (κ3) is 2.56. The molecule has 0 atom stereocenters. The Kier molecular flexibility index (Phi) is 3.48. The van der Waals surface area contributed by atoms with Gasteiger partial charge >= 0.3 is 0 Å². The van der Waals surface area contributed by atoms with Crippen molar-refractivity contribution in [3.63, 3.8) is 0 Å². The van der Waals surface area contributed by atoms with Crippen molar-refractivity contribution < 1.29 is 25.5 Å². The molecule has 2 aromatic rings. The highest BCUT2D eigenvalue weighted by atomic mass is 16.3. The van der Waals surface area contributed by atoms with Crippen LogP contribution in [0.3, 0.4) is 0 Å². The van der Waals surface area contributed by atoms with Gasteiger partial charge in [0.05, 0.1) is 6.61 Å². The van der Waals surface area contributed by atoms with E-state index in [-0.39, 0.29) is 29.6 Å². The maximum atomic E-state index is 9.80. The molecule has 0 heterocycles. The molecule has 2 aromatic carbocycles. The van der Waals surface area contributed by atoms with Crippen LogP contribution in [-0.2, 0) is 0 Å². The van der Waals surface area contributed by atoms with Gasteiger partial charge in [-0.1, -0.05) is 12.1 Å². The third-order valence-electron chi connectivity index (χ3n) is 2.96. The zero-order valence-corrected chi connectivity index (χ0v) is 9.98. The number of aliphatic hydroxyl groups excluding tert-OH is 1. The number of aromatic hydroxyl groups is 4. The van der Waals surface area contributed by atoms with Gasteiger partial charge in [0.2, 0.25) is 0 Å². The summed E-state index contributed by atoms with van der Waals surface area (Å²) in [5, 5.41) is 47.6. The second-order valence-electron chi connectivity index (χ2n) is 4.22. The first kappa shape index (κ1) is 13.0. The summed E-state index contributed by atoms with van der Waals surface area (Å²) in [7, 11) is 0. The number of phenolic OH excluding ortho intramolecular Hbond substituents is 4. The van der Waals surface area contributed by atoms with Crippen molar-refractivity contribution in [3.05, 3.63) is 47.5 Å². The molecule has 0 spiro atoms. The largest absolute Gasteiger partial charge is 0.508 e. The molecule has 5 N–H and O–H groups in total. The zero-order valence-electron chi connectivity index (χ0n) is 9.98. The predicted molar refractivity (Wildman–Crippen MR) is 68.5 cm³/mol. The normalized spacial score (nSPS) is 10.8. The van der Waals surface area contributed by atoms with Crippen LogP contribution < -0.4 is 0 Å². The average Bonchev–Trinajstić information content (AvgIpc) is 2.34. The number of rotatable bonds is 3. The summed E-state index contributed by atoms with van der Waals surface area (Å²) in [4.78, 5) is 0. The summed E-state index contributed by atoms with van der Waals surface area (Å²) >= 11 is 0. The molecule has 2 rings (SSSR count). The van der Waals surface area contributed by atoms with Crippen molar-refractivity contribution in [2.45, 2.75) is 5.92 Å².